The number of aliphatic hydroxyl groups excluding tert-OH is 2. The number of carbonyl (C=O) groups excluding carboxylic acids is 2. The summed E-state index contributed by atoms with van der Waals surface area (Å²) < 4.78 is 34.7. The number of halogens is 3. The molecule has 1 aliphatic heterocycles. The number of carbonyl (C=O) groups is 2. The van der Waals surface area contributed by atoms with Crippen LogP contribution in [0, 0.1) is 0 Å². The number of ether oxygens (including phenoxy) is 1. The van der Waals surface area contributed by atoms with Crippen molar-refractivity contribution in [1.29, 1.82) is 0 Å². The van der Waals surface area contributed by atoms with E-state index in [-0.39, 0.29) is 37.5 Å². The van der Waals surface area contributed by atoms with Gasteiger partial charge in [0.25, 0.3) is 11.8 Å². The molecule has 1 aliphatic carbocycles. The van der Waals surface area contributed by atoms with Gasteiger partial charge in [0.2, 0.25) is 0 Å². The van der Waals surface area contributed by atoms with Crippen LogP contribution in [0.1, 0.15) is 12.8 Å². The fourth-order valence-electron chi connectivity index (χ4n) is 4.06. The Balaban J connectivity index is 1.48. The number of amides is 2. The molecule has 2 unspecified atom stereocenters. The van der Waals surface area contributed by atoms with Gasteiger partial charge in [-0.2, -0.15) is 5.10 Å². The lowest BCUT2D eigenvalue weighted by Crippen LogP contribution is -2.56. The maximum absolute atomic E-state index is 13.8. The number of para-hydroxylation sites is 1. The molecule has 10 nitrogen and oxygen atoms in total. The topological polar surface area (TPSA) is 129 Å². The van der Waals surface area contributed by atoms with Crippen molar-refractivity contribution >= 4 is 29.2 Å². The maximum atomic E-state index is 13.8. The molecule has 36 heavy (non-hydrogen) atoms. The van der Waals surface area contributed by atoms with E-state index in [0.29, 0.717) is 10.8 Å². The Labute approximate surface area is 210 Å². The largest absolute Gasteiger partial charge is 0.458 e. The Morgan fingerprint density at radius 1 is 1.25 bits per heavy atom. The van der Waals surface area contributed by atoms with Gasteiger partial charge in [-0.1, -0.05) is 23.7 Å². The van der Waals surface area contributed by atoms with Crippen LogP contribution in [0.2, 0.25) is 5.02 Å². The van der Waals surface area contributed by atoms with E-state index >= 15 is 0 Å². The van der Waals surface area contributed by atoms with Crippen LogP contribution in [0.3, 0.4) is 0 Å². The Bertz CT molecular complexity index is 1120. The zero-order valence-corrected chi connectivity index (χ0v) is 19.8. The third-order valence-electron chi connectivity index (χ3n) is 5.84. The normalized spacial score (nSPS) is 23.5. The molecule has 2 aliphatic rings. The summed E-state index contributed by atoms with van der Waals surface area (Å²) in [6, 6.07) is 7.49. The number of hydrogen-bond acceptors (Lipinski definition) is 7. The van der Waals surface area contributed by atoms with Gasteiger partial charge in [0.15, 0.2) is 12.0 Å². The van der Waals surface area contributed by atoms with Crippen LogP contribution in [-0.4, -0.2) is 80.5 Å². The van der Waals surface area contributed by atoms with Crippen LogP contribution < -0.4 is 15.4 Å². The fraction of sp³-hybridized carbons (Fsp3) is 0.435. The van der Waals surface area contributed by atoms with Crippen molar-refractivity contribution in [3.63, 3.8) is 0 Å². The van der Waals surface area contributed by atoms with Gasteiger partial charge in [0.05, 0.1) is 30.8 Å². The molecule has 1 saturated carbocycles. The first kappa shape index (κ1) is 26.0. The molecule has 2 heterocycles. The second kappa shape index (κ2) is 11.3. The number of aromatic nitrogens is 2. The summed E-state index contributed by atoms with van der Waals surface area (Å²) in [6.45, 7) is -0.539. The van der Waals surface area contributed by atoms with Crippen molar-refractivity contribution < 1.29 is 33.3 Å². The molecule has 4 rings (SSSR count). The smallest absolute Gasteiger partial charge is 0.263 e. The average molecular weight is 526 g/mol. The molecule has 0 bridgehead atoms. The molecule has 5 atom stereocenters. The molecular weight excluding hydrogens is 500 g/mol. The van der Waals surface area contributed by atoms with E-state index in [2.05, 4.69) is 15.7 Å². The van der Waals surface area contributed by atoms with Crippen molar-refractivity contribution in [2.75, 3.05) is 18.5 Å². The van der Waals surface area contributed by atoms with E-state index in [0.717, 1.165) is 0 Å². The lowest BCUT2D eigenvalue weighted by atomic mass is 10.2. The van der Waals surface area contributed by atoms with E-state index < -0.39 is 49.1 Å². The molecule has 2 aromatic rings. The summed E-state index contributed by atoms with van der Waals surface area (Å²) in [7, 11) is 0. The van der Waals surface area contributed by atoms with E-state index in [1.54, 1.807) is 24.3 Å². The molecular formula is C23H26ClF2N5O5. The summed E-state index contributed by atoms with van der Waals surface area (Å²) in [5.74, 6) is -0.509. The van der Waals surface area contributed by atoms with E-state index in [9.17, 15) is 23.5 Å². The van der Waals surface area contributed by atoms with Gasteiger partial charge in [-0.15, -0.1) is 0 Å². The van der Waals surface area contributed by atoms with Crippen LogP contribution in [-0.2, 0) is 16.1 Å². The lowest BCUT2D eigenvalue weighted by molar-refractivity contribution is -0.134. The summed E-state index contributed by atoms with van der Waals surface area (Å²) in [5, 5.41) is 28.5. The lowest BCUT2D eigenvalue weighted by Gasteiger charge is -2.30. The first-order valence-corrected chi connectivity index (χ1v) is 11.7. The Morgan fingerprint density at radius 3 is 2.67 bits per heavy atom. The van der Waals surface area contributed by atoms with Crippen molar-refractivity contribution in [3.8, 4) is 5.75 Å². The third kappa shape index (κ3) is 6.19. The number of hydrogen-bond donors (Lipinski definition) is 4. The zero-order valence-electron chi connectivity index (χ0n) is 19.1. The van der Waals surface area contributed by atoms with E-state index in [1.165, 1.54) is 27.9 Å². The van der Waals surface area contributed by atoms with Gasteiger partial charge in [0, 0.05) is 24.4 Å². The van der Waals surface area contributed by atoms with E-state index in [1.807, 2.05) is 0 Å². The summed E-state index contributed by atoms with van der Waals surface area (Å²) >= 11 is 6.13. The highest BCUT2D eigenvalue weighted by molar-refractivity contribution is 6.32. The minimum absolute atomic E-state index is 0.00315. The van der Waals surface area contributed by atoms with Crippen LogP contribution >= 0.6 is 11.6 Å². The van der Waals surface area contributed by atoms with Crippen LogP contribution in [0.25, 0.3) is 0 Å². The molecule has 1 aromatic heterocycles. The van der Waals surface area contributed by atoms with Gasteiger partial charge >= 0.3 is 0 Å². The highest BCUT2D eigenvalue weighted by atomic mass is 35.5. The average Bonchev–Trinajstić information content (AvgIpc) is 3.52. The minimum Gasteiger partial charge on any atom is -0.458 e. The van der Waals surface area contributed by atoms with Crippen molar-refractivity contribution in [2.24, 2.45) is 0 Å². The molecule has 1 aromatic carbocycles. The standard InChI is InChI=1S/C23H26ClF2N5O5/c24-16-3-1-2-4-19(16)36-15-9-21(34)31(11-15)22(27-13-7-17(25)18(26)8-13)23(35)28-20-5-6-30(29-20)10-14(33)12-32/h1-6,9,13-14,17-18,22,27,32-33H,7-8,10-12H2,(H,28,29,35)/t13?,14-,17-,18+,22?/m1/s1. The Morgan fingerprint density at radius 2 is 1.97 bits per heavy atom. The molecule has 1 fully saturated rings. The Kier molecular flexibility index (Phi) is 8.19. The highest BCUT2D eigenvalue weighted by Crippen LogP contribution is 2.29. The molecule has 0 saturated heterocycles. The monoisotopic (exact) mass is 525 g/mol. The van der Waals surface area contributed by atoms with Gasteiger partial charge in [-0.3, -0.25) is 19.6 Å². The minimum atomic E-state index is -1.66. The number of aliphatic hydroxyl groups is 2. The van der Waals surface area contributed by atoms with Crippen LogP contribution in [0.4, 0.5) is 14.6 Å². The fourth-order valence-corrected chi connectivity index (χ4v) is 4.24. The Hall–Kier alpha value is -3.06. The van der Waals surface area contributed by atoms with Gasteiger partial charge in [-0.25, -0.2) is 8.78 Å². The van der Waals surface area contributed by atoms with Gasteiger partial charge in [-0.05, 0) is 25.0 Å². The van der Waals surface area contributed by atoms with Crippen molar-refractivity contribution in [1.82, 2.24) is 20.0 Å². The quantitative estimate of drug-likeness (QED) is 0.369. The number of rotatable bonds is 10. The van der Waals surface area contributed by atoms with Crippen LogP contribution in [0.15, 0.2) is 48.4 Å². The second-order valence-corrected chi connectivity index (χ2v) is 9.03. The predicted molar refractivity (Wildman–Crippen MR) is 126 cm³/mol. The zero-order chi connectivity index (χ0) is 25.8. The molecule has 2 amide bonds. The molecule has 194 valence electrons. The number of nitrogens with one attached hydrogen (secondary N) is 2. The summed E-state index contributed by atoms with van der Waals surface area (Å²) in [5.41, 5.74) is 0. The van der Waals surface area contributed by atoms with Crippen molar-refractivity contribution in [3.05, 3.63) is 53.4 Å². The first-order chi connectivity index (χ1) is 17.2. The number of alkyl halides is 2. The van der Waals surface area contributed by atoms with Crippen LogP contribution in [0.5, 0.6) is 5.75 Å². The van der Waals surface area contributed by atoms with Crippen molar-refractivity contribution in [2.45, 2.75) is 50.0 Å². The SMILES string of the molecule is O=C(Nc1ccn(C[C@@H](O)CO)n1)C(NC1C[C@@H](F)[C@@H](F)C1)N1CC(Oc2ccccc2Cl)=CC1=O. The molecule has 0 radical (unpaired) electrons. The van der Waals surface area contributed by atoms with Gasteiger partial charge in [0.1, 0.15) is 23.9 Å². The maximum Gasteiger partial charge on any atom is 0.263 e. The number of anilines is 1. The predicted octanol–water partition coefficient (Wildman–Crippen LogP) is 1.39. The number of nitrogens with zero attached hydrogens (tertiary/aromatic N) is 3. The molecule has 0 spiro atoms. The highest BCUT2D eigenvalue weighted by Gasteiger charge is 2.40. The van der Waals surface area contributed by atoms with E-state index in [4.69, 9.17) is 21.4 Å². The summed E-state index contributed by atoms with van der Waals surface area (Å²) in [4.78, 5) is 27.2. The molecule has 13 heteroatoms. The molecule has 4 N–H and O–H groups in total. The third-order valence-corrected chi connectivity index (χ3v) is 6.15. The number of benzene rings is 1. The van der Waals surface area contributed by atoms with Gasteiger partial charge < -0.3 is 25.2 Å². The summed E-state index contributed by atoms with van der Waals surface area (Å²) in [6.07, 6.45) is -3.20. The first-order valence-electron chi connectivity index (χ1n) is 11.3. The second-order valence-electron chi connectivity index (χ2n) is 8.63.